The van der Waals surface area contributed by atoms with E-state index in [-0.39, 0.29) is 0 Å². The predicted molar refractivity (Wildman–Crippen MR) is 126 cm³/mol. The number of methoxy groups -OCH3 is 1. The van der Waals surface area contributed by atoms with Crippen LogP contribution in [-0.2, 0) is 6.61 Å². The normalized spacial score (nSPS) is 11.2. The number of nitrogens with zero attached hydrogens (tertiary/aromatic N) is 1. The summed E-state index contributed by atoms with van der Waals surface area (Å²) in [6.45, 7) is 2.46. The van der Waals surface area contributed by atoms with Gasteiger partial charge < -0.3 is 14.5 Å². The summed E-state index contributed by atoms with van der Waals surface area (Å²) in [6.07, 6.45) is 1.83. The molecule has 5 heteroatoms. The second-order valence-corrected chi connectivity index (χ2v) is 7.90. The summed E-state index contributed by atoms with van der Waals surface area (Å²) in [5.41, 5.74) is 6.10. The van der Waals surface area contributed by atoms with Crippen molar-refractivity contribution in [1.82, 2.24) is 9.97 Å². The van der Waals surface area contributed by atoms with Gasteiger partial charge in [-0.2, -0.15) is 0 Å². The van der Waals surface area contributed by atoms with Gasteiger partial charge in [-0.15, -0.1) is 0 Å². The summed E-state index contributed by atoms with van der Waals surface area (Å²) in [5.74, 6) is 1.38. The Balaban J connectivity index is 1.63. The number of halogens is 1. The predicted octanol–water partition coefficient (Wildman–Crippen LogP) is 6.93. The number of hydrogen-bond donors (Lipinski definition) is 1. The van der Waals surface area contributed by atoms with Crippen molar-refractivity contribution in [2.75, 3.05) is 7.11 Å². The zero-order valence-corrected chi connectivity index (χ0v) is 18.0. The number of H-pyrrole nitrogens is 1. The Bertz CT molecular complexity index is 1390. The van der Waals surface area contributed by atoms with Gasteiger partial charge in [0.15, 0.2) is 11.5 Å². The molecule has 0 fully saturated rings. The molecule has 154 valence electrons. The Hall–Kier alpha value is -3.50. The Labute approximate surface area is 185 Å². The molecule has 5 aromatic rings. The van der Waals surface area contributed by atoms with Crippen LogP contribution in [0.2, 0.25) is 5.02 Å². The number of ether oxygens (including phenoxy) is 2. The van der Waals surface area contributed by atoms with Gasteiger partial charge in [-0.1, -0.05) is 48.0 Å². The lowest BCUT2D eigenvalue weighted by molar-refractivity contribution is 0.284. The lowest BCUT2D eigenvalue weighted by Gasteiger charge is -2.13. The lowest BCUT2D eigenvalue weighted by atomic mass is 10.0. The fourth-order valence-corrected chi connectivity index (χ4v) is 4.17. The van der Waals surface area contributed by atoms with Gasteiger partial charge in [0.2, 0.25) is 0 Å². The molecule has 0 unspecified atom stereocenters. The first kappa shape index (κ1) is 19.5. The summed E-state index contributed by atoms with van der Waals surface area (Å²) < 4.78 is 11.7. The highest BCUT2D eigenvalue weighted by Gasteiger charge is 2.15. The molecule has 0 spiro atoms. The standard InChI is InChI=1S/C26H21ClN2O2/c1-16-25-20(10-11-28-16)22-14-19(27)13-21(26(22)29-25)18-8-9-23(30-2)24(12-18)31-15-17-6-4-3-5-7-17/h3-14,29H,15H2,1-2H3. The molecule has 0 aliphatic rings. The number of fused-ring (bicyclic) bond motifs is 3. The van der Waals surface area contributed by atoms with Gasteiger partial charge in [-0.3, -0.25) is 4.98 Å². The summed E-state index contributed by atoms with van der Waals surface area (Å²) in [6, 6.07) is 22.0. The molecule has 31 heavy (non-hydrogen) atoms. The Morgan fingerprint density at radius 1 is 0.903 bits per heavy atom. The van der Waals surface area contributed by atoms with Crippen molar-refractivity contribution in [2.45, 2.75) is 13.5 Å². The monoisotopic (exact) mass is 428 g/mol. The molecule has 0 amide bonds. The fraction of sp³-hybridized carbons (Fsp3) is 0.115. The van der Waals surface area contributed by atoms with Crippen LogP contribution in [0.5, 0.6) is 11.5 Å². The van der Waals surface area contributed by atoms with E-state index < -0.39 is 0 Å². The average Bonchev–Trinajstić information content (AvgIpc) is 3.17. The van der Waals surface area contributed by atoms with Gasteiger partial charge in [0, 0.05) is 27.6 Å². The molecular weight excluding hydrogens is 408 g/mol. The first-order valence-electron chi connectivity index (χ1n) is 10.1. The molecule has 0 radical (unpaired) electrons. The number of nitrogens with one attached hydrogen (secondary N) is 1. The molecular formula is C26H21ClN2O2. The Morgan fingerprint density at radius 3 is 2.55 bits per heavy atom. The fourth-order valence-electron chi connectivity index (χ4n) is 3.95. The molecule has 1 N–H and O–H groups in total. The molecule has 3 aromatic carbocycles. The molecule has 0 saturated heterocycles. The second-order valence-electron chi connectivity index (χ2n) is 7.46. The van der Waals surface area contributed by atoms with Crippen LogP contribution in [0.15, 0.2) is 72.9 Å². The van der Waals surface area contributed by atoms with Crippen molar-refractivity contribution in [1.29, 1.82) is 0 Å². The lowest BCUT2D eigenvalue weighted by Crippen LogP contribution is -1.98. The smallest absolute Gasteiger partial charge is 0.162 e. The van der Waals surface area contributed by atoms with Crippen molar-refractivity contribution in [3.05, 3.63) is 89.2 Å². The molecule has 5 rings (SSSR count). The molecule has 2 aromatic heterocycles. The summed E-state index contributed by atoms with van der Waals surface area (Å²) in [7, 11) is 1.65. The third-order valence-electron chi connectivity index (χ3n) is 5.50. The Morgan fingerprint density at radius 2 is 1.74 bits per heavy atom. The molecule has 0 aliphatic heterocycles. The topological polar surface area (TPSA) is 47.1 Å². The first-order chi connectivity index (χ1) is 15.1. The number of aromatic amines is 1. The molecule has 0 atom stereocenters. The molecule has 4 nitrogen and oxygen atoms in total. The van der Waals surface area contributed by atoms with Crippen molar-refractivity contribution in [3.63, 3.8) is 0 Å². The highest BCUT2D eigenvalue weighted by molar-refractivity contribution is 6.32. The van der Waals surface area contributed by atoms with Crippen LogP contribution in [-0.4, -0.2) is 17.1 Å². The van der Waals surface area contributed by atoms with E-state index in [4.69, 9.17) is 21.1 Å². The number of hydrogen-bond acceptors (Lipinski definition) is 3. The van der Waals surface area contributed by atoms with E-state index in [0.29, 0.717) is 23.1 Å². The van der Waals surface area contributed by atoms with E-state index in [1.807, 2.05) is 79.9 Å². The maximum Gasteiger partial charge on any atom is 0.162 e. The van der Waals surface area contributed by atoms with E-state index in [1.54, 1.807) is 7.11 Å². The Kier molecular flexibility index (Phi) is 5.00. The van der Waals surface area contributed by atoms with Crippen LogP contribution in [0.3, 0.4) is 0 Å². The number of benzene rings is 3. The highest BCUT2D eigenvalue weighted by Crippen LogP contribution is 2.39. The molecule has 0 bridgehead atoms. The summed E-state index contributed by atoms with van der Waals surface area (Å²) in [4.78, 5) is 7.97. The highest BCUT2D eigenvalue weighted by atomic mass is 35.5. The third-order valence-corrected chi connectivity index (χ3v) is 5.71. The molecule has 2 heterocycles. The maximum atomic E-state index is 6.52. The molecule has 0 aliphatic carbocycles. The van der Waals surface area contributed by atoms with Gasteiger partial charge in [0.25, 0.3) is 0 Å². The third kappa shape index (κ3) is 3.60. The van der Waals surface area contributed by atoms with E-state index in [0.717, 1.165) is 44.2 Å². The number of rotatable bonds is 5. The van der Waals surface area contributed by atoms with Crippen LogP contribution in [0, 0.1) is 6.92 Å². The van der Waals surface area contributed by atoms with Crippen LogP contribution >= 0.6 is 11.6 Å². The van der Waals surface area contributed by atoms with Gasteiger partial charge in [0.1, 0.15) is 6.61 Å². The van der Waals surface area contributed by atoms with Gasteiger partial charge in [-0.05, 0) is 48.4 Å². The number of pyridine rings is 1. The van der Waals surface area contributed by atoms with E-state index >= 15 is 0 Å². The van der Waals surface area contributed by atoms with Gasteiger partial charge in [-0.25, -0.2) is 0 Å². The van der Waals surface area contributed by atoms with E-state index in [2.05, 4.69) is 9.97 Å². The van der Waals surface area contributed by atoms with Crippen molar-refractivity contribution in [3.8, 4) is 22.6 Å². The van der Waals surface area contributed by atoms with Crippen LogP contribution in [0.25, 0.3) is 32.9 Å². The first-order valence-corrected chi connectivity index (χ1v) is 10.4. The maximum absolute atomic E-state index is 6.52. The number of aromatic nitrogens is 2. The average molecular weight is 429 g/mol. The zero-order chi connectivity index (χ0) is 21.4. The summed E-state index contributed by atoms with van der Waals surface area (Å²) in [5, 5.41) is 2.87. The van der Waals surface area contributed by atoms with Crippen LogP contribution in [0.4, 0.5) is 0 Å². The van der Waals surface area contributed by atoms with E-state index in [1.165, 1.54) is 0 Å². The largest absolute Gasteiger partial charge is 0.493 e. The van der Waals surface area contributed by atoms with Gasteiger partial charge in [0.05, 0.1) is 23.8 Å². The minimum atomic E-state index is 0.461. The minimum Gasteiger partial charge on any atom is -0.493 e. The quantitative estimate of drug-likeness (QED) is 0.330. The van der Waals surface area contributed by atoms with Crippen molar-refractivity contribution < 1.29 is 9.47 Å². The molecule has 0 saturated carbocycles. The zero-order valence-electron chi connectivity index (χ0n) is 17.3. The second kappa shape index (κ2) is 7.97. The van der Waals surface area contributed by atoms with E-state index in [9.17, 15) is 0 Å². The minimum absolute atomic E-state index is 0.461. The van der Waals surface area contributed by atoms with Crippen LogP contribution < -0.4 is 9.47 Å². The SMILES string of the molecule is COc1ccc(-c2cc(Cl)cc3c2[nH]c2c(C)nccc23)cc1OCc1ccccc1. The van der Waals surface area contributed by atoms with Crippen LogP contribution in [0.1, 0.15) is 11.3 Å². The van der Waals surface area contributed by atoms with Crippen molar-refractivity contribution >= 4 is 33.4 Å². The van der Waals surface area contributed by atoms with Gasteiger partial charge >= 0.3 is 0 Å². The van der Waals surface area contributed by atoms with Crippen molar-refractivity contribution in [2.24, 2.45) is 0 Å². The summed E-state index contributed by atoms with van der Waals surface area (Å²) >= 11 is 6.52. The number of aryl methyl sites for hydroxylation is 1.